The maximum Gasteiger partial charge on any atom is 0.163 e. The third kappa shape index (κ3) is 4.00. The number of hydrogen-bond acceptors (Lipinski definition) is 7. The highest BCUT2D eigenvalue weighted by Crippen LogP contribution is 2.33. The highest BCUT2D eigenvalue weighted by atomic mass is 16.5. The number of ether oxygens (including phenoxy) is 3. The zero-order valence-electron chi connectivity index (χ0n) is 18.0. The maximum atomic E-state index is 12.1. The first-order chi connectivity index (χ1) is 15.5. The molecule has 2 aromatic carbocycles. The second kappa shape index (κ2) is 9.07. The third-order valence-electron chi connectivity index (χ3n) is 5.05. The molecule has 4 rings (SSSR count). The molecule has 0 aliphatic rings. The van der Waals surface area contributed by atoms with Crippen molar-refractivity contribution in [2.24, 2.45) is 0 Å². The molecule has 0 saturated carbocycles. The summed E-state index contributed by atoms with van der Waals surface area (Å²) in [4.78, 5) is 16.6. The van der Waals surface area contributed by atoms with Crippen molar-refractivity contribution >= 4 is 11.4 Å². The molecule has 0 bridgehead atoms. The summed E-state index contributed by atoms with van der Waals surface area (Å²) in [5.41, 5.74) is 4.22. The molecule has 0 amide bonds. The van der Waals surface area contributed by atoms with Gasteiger partial charge in [-0.05, 0) is 55.5 Å². The van der Waals surface area contributed by atoms with Gasteiger partial charge < -0.3 is 19.3 Å². The summed E-state index contributed by atoms with van der Waals surface area (Å²) in [7, 11) is 3.18. The standard InChI is InChI=1S/C24H23N3O5/c1-15(29)18-12-16(4-7-21(18)32-11-10-28)19-6-9-24-25-14-20(27(24)26-19)17-5-8-22(30-2)23(13-17)31-3/h4-9,12-14,28H,10-11H2,1-3H3. The van der Waals surface area contributed by atoms with Gasteiger partial charge in [0.05, 0.1) is 44.0 Å². The second-order valence-electron chi connectivity index (χ2n) is 7.04. The number of benzene rings is 2. The van der Waals surface area contributed by atoms with E-state index in [-0.39, 0.29) is 19.0 Å². The van der Waals surface area contributed by atoms with Gasteiger partial charge >= 0.3 is 0 Å². The van der Waals surface area contributed by atoms with Crippen molar-refractivity contribution in [1.82, 2.24) is 14.6 Å². The SMILES string of the molecule is COc1ccc(-c2cnc3ccc(-c4ccc(OCCO)c(C(C)=O)c4)nn23)cc1OC. The number of ketones is 1. The normalized spacial score (nSPS) is 10.9. The molecule has 8 heteroatoms. The molecule has 0 saturated heterocycles. The number of aliphatic hydroxyl groups is 1. The van der Waals surface area contributed by atoms with Crippen molar-refractivity contribution in [3.63, 3.8) is 0 Å². The van der Waals surface area contributed by atoms with Crippen LogP contribution in [-0.2, 0) is 0 Å². The fraction of sp³-hybridized carbons (Fsp3) is 0.208. The Balaban J connectivity index is 1.78. The van der Waals surface area contributed by atoms with Crippen LogP contribution in [0.2, 0.25) is 0 Å². The number of methoxy groups -OCH3 is 2. The summed E-state index contributed by atoms with van der Waals surface area (Å²) < 4.78 is 18.0. The minimum Gasteiger partial charge on any atom is -0.493 e. The zero-order valence-corrected chi connectivity index (χ0v) is 18.0. The van der Waals surface area contributed by atoms with Crippen LogP contribution in [0.25, 0.3) is 28.2 Å². The summed E-state index contributed by atoms with van der Waals surface area (Å²) in [5, 5.41) is 13.8. The Bertz CT molecular complexity index is 1280. The molecule has 32 heavy (non-hydrogen) atoms. The molecule has 0 aliphatic carbocycles. The molecule has 0 radical (unpaired) electrons. The monoisotopic (exact) mass is 433 g/mol. The van der Waals surface area contributed by atoms with Gasteiger partial charge in [-0.15, -0.1) is 0 Å². The van der Waals surface area contributed by atoms with Crippen LogP contribution in [0.15, 0.2) is 54.7 Å². The molecule has 0 fully saturated rings. The predicted molar refractivity (Wildman–Crippen MR) is 120 cm³/mol. The first kappa shape index (κ1) is 21.3. The van der Waals surface area contributed by atoms with Crippen LogP contribution < -0.4 is 14.2 Å². The fourth-order valence-corrected chi connectivity index (χ4v) is 3.47. The van der Waals surface area contributed by atoms with Crippen molar-refractivity contribution in [3.05, 3.63) is 60.3 Å². The number of carbonyl (C=O) groups is 1. The summed E-state index contributed by atoms with van der Waals surface area (Å²) in [6.45, 7) is 1.47. The first-order valence-electron chi connectivity index (χ1n) is 10.0. The Labute approximate surface area is 185 Å². The number of imidazole rings is 1. The molecular formula is C24H23N3O5. The molecule has 0 spiro atoms. The van der Waals surface area contributed by atoms with Gasteiger partial charge in [0, 0.05) is 11.1 Å². The van der Waals surface area contributed by atoms with Crippen LogP contribution in [0.3, 0.4) is 0 Å². The van der Waals surface area contributed by atoms with E-state index in [2.05, 4.69) is 4.98 Å². The lowest BCUT2D eigenvalue weighted by Crippen LogP contribution is -2.06. The molecule has 2 aromatic heterocycles. The van der Waals surface area contributed by atoms with E-state index in [0.717, 1.165) is 16.8 Å². The second-order valence-corrected chi connectivity index (χ2v) is 7.04. The van der Waals surface area contributed by atoms with E-state index in [0.29, 0.717) is 34.2 Å². The van der Waals surface area contributed by atoms with E-state index in [1.807, 2.05) is 36.4 Å². The number of nitrogens with zero attached hydrogens (tertiary/aromatic N) is 3. The zero-order chi connectivity index (χ0) is 22.7. The molecule has 4 aromatic rings. The van der Waals surface area contributed by atoms with Gasteiger partial charge in [-0.3, -0.25) is 4.79 Å². The van der Waals surface area contributed by atoms with Gasteiger partial charge in [0.15, 0.2) is 22.9 Å². The van der Waals surface area contributed by atoms with Gasteiger partial charge in [-0.1, -0.05) is 0 Å². The number of fused-ring (bicyclic) bond motifs is 1. The summed E-state index contributed by atoms with van der Waals surface area (Å²) in [6, 6.07) is 14.7. The number of Topliss-reactive ketones (excluding diaryl/α,β-unsaturated/α-hetero) is 1. The Morgan fingerprint density at radius 2 is 1.72 bits per heavy atom. The average molecular weight is 433 g/mol. The molecule has 1 N–H and O–H groups in total. The lowest BCUT2D eigenvalue weighted by molar-refractivity contribution is 0.101. The topological polar surface area (TPSA) is 95.2 Å². The molecular weight excluding hydrogens is 410 g/mol. The van der Waals surface area contributed by atoms with Crippen molar-refractivity contribution in [1.29, 1.82) is 0 Å². The lowest BCUT2D eigenvalue weighted by Gasteiger charge is -2.11. The van der Waals surface area contributed by atoms with Gasteiger partial charge in [0.2, 0.25) is 0 Å². The highest BCUT2D eigenvalue weighted by molar-refractivity contribution is 5.98. The van der Waals surface area contributed by atoms with Crippen molar-refractivity contribution < 1.29 is 24.1 Å². The molecule has 0 aliphatic heterocycles. The Hall–Kier alpha value is -3.91. The largest absolute Gasteiger partial charge is 0.493 e. The Morgan fingerprint density at radius 3 is 2.44 bits per heavy atom. The fourth-order valence-electron chi connectivity index (χ4n) is 3.47. The van der Waals surface area contributed by atoms with E-state index < -0.39 is 0 Å². The number of aliphatic hydroxyl groups excluding tert-OH is 1. The van der Waals surface area contributed by atoms with Crippen LogP contribution in [-0.4, -0.2) is 52.9 Å². The van der Waals surface area contributed by atoms with Gasteiger partial charge in [-0.25, -0.2) is 9.50 Å². The van der Waals surface area contributed by atoms with Gasteiger partial charge in [0.25, 0.3) is 0 Å². The summed E-state index contributed by atoms with van der Waals surface area (Å²) in [5.74, 6) is 1.55. The van der Waals surface area contributed by atoms with Crippen LogP contribution in [0.1, 0.15) is 17.3 Å². The number of aromatic nitrogens is 3. The molecule has 0 unspecified atom stereocenters. The molecule has 164 valence electrons. The lowest BCUT2D eigenvalue weighted by atomic mass is 10.0. The van der Waals surface area contributed by atoms with Gasteiger partial charge in [0.1, 0.15) is 12.4 Å². The molecule has 2 heterocycles. The van der Waals surface area contributed by atoms with Crippen LogP contribution in [0.5, 0.6) is 17.2 Å². The van der Waals surface area contributed by atoms with Crippen LogP contribution in [0.4, 0.5) is 0 Å². The maximum absolute atomic E-state index is 12.1. The van der Waals surface area contributed by atoms with Crippen molar-refractivity contribution in [2.45, 2.75) is 6.92 Å². The minimum absolute atomic E-state index is 0.119. The van der Waals surface area contributed by atoms with Crippen LogP contribution >= 0.6 is 0 Å². The number of carbonyl (C=O) groups excluding carboxylic acids is 1. The van der Waals surface area contributed by atoms with E-state index in [9.17, 15) is 4.79 Å². The number of hydrogen-bond donors (Lipinski definition) is 1. The molecule has 8 nitrogen and oxygen atoms in total. The summed E-state index contributed by atoms with van der Waals surface area (Å²) in [6.07, 6.45) is 1.75. The highest BCUT2D eigenvalue weighted by Gasteiger charge is 2.14. The summed E-state index contributed by atoms with van der Waals surface area (Å²) >= 11 is 0. The Morgan fingerprint density at radius 1 is 0.969 bits per heavy atom. The predicted octanol–water partition coefficient (Wildman–Crippen LogP) is 3.65. The average Bonchev–Trinajstić information content (AvgIpc) is 3.25. The minimum atomic E-state index is -0.130. The quantitative estimate of drug-likeness (QED) is 0.424. The Kier molecular flexibility index (Phi) is 6.04. The first-order valence-corrected chi connectivity index (χ1v) is 10.0. The number of rotatable bonds is 8. The van der Waals surface area contributed by atoms with Crippen molar-refractivity contribution in [3.8, 4) is 39.8 Å². The van der Waals surface area contributed by atoms with E-state index in [4.69, 9.17) is 24.4 Å². The molecule has 0 atom stereocenters. The van der Waals surface area contributed by atoms with E-state index in [1.54, 1.807) is 37.1 Å². The van der Waals surface area contributed by atoms with Crippen LogP contribution in [0, 0.1) is 0 Å². The van der Waals surface area contributed by atoms with Gasteiger partial charge in [-0.2, -0.15) is 5.10 Å². The van der Waals surface area contributed by atoms with E-state index in [1.165, 1.54) is 6.92 Å². The van der Waals surface area contributed by atoms with E-state index >= 15 is 0 Å². The van der Waals surface area contributed by atoms with Crippen molar-refractivity contribution in [2.75, 3.05) is 27.4 Å². The smallest absolute Gasteiger partial charge is 0.163 e. The third-order valence-corrected chi connectivity index (χ3v) is 5.05.